The number of hydrogen-bond acceptors (Lipinski definition) is 1. The standard InChI is InChI=1S/C20H33FO/c1-12-11-16-14-8-7-13-5-4-6-17(22)20(13,3)15(14)9-10-19(16,2)18(12)21/h12-18,22H,4-11H2,1-3H3/t12?,13?,14-,15-,16+,17?,18?,19+,20+/m1/s1. The Morgan fingerprint density at radius 1 is 1.00 bits per heavy atom. The number of halogens is 1. The second-order valence-corrected chi connectivity index (χ2v) is 9.62. The third-order valence-electron chi connectivity index (χ3n) is 8.91. The summed E-state index contributed by atoms with van der Waals surface area (Å²) in [6.07, 6.45) is 8.59. The number of hydrogen-bond donors (Lipinski definition) is 1. The van der Waals surface area contributed by atoms with Gasteiger partial charge in [0.1, 0.15) is 6.17 Å². The van der Waals surface area contributed by atoms with Gasteiger partial charge < -0.3 is 5.11 Å². The van der Waals surface area contributed by atoms with Crippen molar-refractivity contribution in [3.05, 3.63) is 0 Å². The highest BCUT2D eigenvalue weighted by Crippen LogP contribution is 2.67. The van der Waals surface area contributed by atoms with E-state index in [0.717, 1.165) is 25.7 Å². The van der Waals surface area contributed by atoms with Gasteiger partial charge in [-0.25, -0.2) is 4.39 Å². The fourth-order valence-corrected chi connectivity index (χ4v) is 7.62. The molecule has 0 aromatic rings. The van der Waals surface area contributed by atoms with E-state index in [2.05, 4.69) is 20.8 Å². The molecule has 4 saturated carbocycles. The van der Waals surface area contributed by atoms with Gasteiger partial charge >= 0.3 is 0 Å². The molecule has 0 aromatic carbocycles. The number of fused-ring (bicyclic) bond motifs is 5. The van der Waals surface area contributed by atoms with Crippen molar-refractivity contribution in [2.75, 3.05) is 0 Å². The van der Waals surface area contributed by atoms with Crippen LogP contribution >= 0.6 is 0 Å². The quantitative estimate of drug-likeness (QED) is 0.669. The number of aliphatic hydroxyl groups excluding tert-OH is 1. The Labute approximate surface area is 135 Å². The van der Waals surface area contributed by atoms with Gasteiger partial charge in [-0.15, -0.1) is 0 Å². The van der Waals surface area contributed by atoms with Gasteiger partial charge in [0, 0.05) is 5.41 Å². The largest absolute Gasteiger partial charge is 0.393 e. The number of aliphatic hydroxyl groups is 1. The molecule has 0 heterocycles. The molecular formula is C20H33FO. The molecule has 22 heavy (non-hydrogen) atoms. The van der Waals surface area contributed by atoms with Gasteiger partial charge in [-0.05, 0) is 80.0 Å². The minimum Gasteiger partial charge on any atom is -0.393 e. The maximum atomic E-state index is 14.9. The molecule has 0 saturated heterocycles. The zero-order valence-corrected chi connectivity index (χ0v) is 14.5. The van der Waals surface area contributed by atoms with Crippen LogP contribution in [0.2, 0.25) is 0 Å². The summed E-state index contributed by atoms with van der Waals surface area (Å²) in [5.74, 6) is 2.80. The minimum atomic E-state index is -0.611. The van der Waals surface area contributed by atoms with E-state index in [1.165, 1.54) is 25.7 Å². The molecule has 4 rings (SSSR count). The Balaban J connectivity index is 1.67. The topological polar surface area (TPSA) is 20.2 Å². The summed E-state index contributed by atoms with van der Waals surface area (Å²) < 4.78 is 14.9. The molecule has 4 fully saturated rings. The van der Waals surface area contributed by atoms with Crippen LogP contribution in [0.4, 0.5) is 4.39 Å². The summed E-state index contributed by atoms with van der Waals surface area (Å²) in [6.45, 7) is 6.73. The van der Waals surface area contributed by atoms with Crippen LogP contribution in [0.15, 0.2) is 0 Å². The lowest BCUT2D eigenvalue weighted by Crippen LogP contribution is -2.57. The molecule has 1 nitrogen and oxygen atoms in total. The van der Waals surface area contributed by atoms with Crippen LogP contribution in [0.5, 0.6) is 0 Å². The van der Waals surface area contributed by atoms with E-state index in [4.69, 9.17) is 0 Å². The van der Waals surface area contributed by atoms with Gasteiger partial charge in [0.05, 0.1) is 6.10 Å². The summed E-state index contributed by atoms with van der Waals surface area (Å²) in [5, 5.41) is 10.8. The Bertz CT molecular complexity index is 451. The molecule has 4 unspecified atom stereocenters. The second kappa shape index (κ2) is 4.94. The summed E-state index contributed by atoms with van der Waals surface area (Å²) in [4.78, 5) is 0. The van der Waals surface area contributed by atoms with E-state index in [0.29, 0.717) is 23.7 Å². The Kier molecular flexibility index (Phi) is 3.46. The predicted molar refractivity (Wildman–Crippen MR) is 87.2 cm³/mol. The molecule has 0 bridgehead atoms. The van der Waals surface area contributed by atoms with Crippen molar-refractivity contribution >= 4 is 0 Å². The fourth-order valence-electron chi connectivity index (χ4n) is 7.62. The average Bonchev–Trinajstić information content (AvgIpc) is 2.72. The number of alkyl halides is 1. The van der Waals surface area contributed by atoms with Gasteiger partial charge in [0.25, 0.3) is 0 Å². The van der Waals surface area contributed by atoms with Crippen LogP contribution in [0, 0.1) is 40.4 Å². The first-order valence-electron chi connectivity index (χ1n) is 9.71. The van der Waals surface area contributed by atoms with Crippen molar-refractivity contribution in [3.63, 3.8) is 0 Å². The first kappa shape index (κ1) is 15.4. The van der Waals surface area contributed by atoms with Crippen LogP contribution in [-0.2, 0) is 0 Å². The lowest BCUT2D eigenvalue weighted by atomic mass is 9.44. The van der Waals surface area contributed by atoms with E-state index in [-0.39, 0.29) is 22.9 Å². The maximum absolute atomic E-state index is 14.9. The predicted octanol–water partition coefficient (Wildman–Crippen LogP) is 4.97. The Hall–Kier alpha value is -0.110. The molecule has 0 aliphatic heterocycles. The molecule has 0 spiro atoms. The van der Waals surface area contributed by atoms with Crippen molar-refractivity contribution in [1.82, 2.24) is 0 Å². The highest BCUT2D eigenvalue weighted by Gasteiger charge is 2.63. The SMILES string of the molecule is CC1C[C@H]2[C@@H]3CCC4CCCC(O)[C@]4(C)[C@@H]3CC[C@]2(C)C1F. The smallest absolute Gasteiger partial charge is 0.108 e. The molecule has 2 heteroatoms. The van der Waals surface area contributed by atoms with Crippen molar-refractivity contribution in [2.45, 2.75) is 84.4 Å². The third-order valence-corrected chi connectivity index (χ3v) is 8.91. The highest BCUT2D eigenvalue weighted by molar-refractivity contribution is 5.11. The van der Waals surface area contributed by atoms with Crippen LogP contribution in [0.3, 0.4) is 0 Å². The average molecular weight is 308 g/mol. The summed E-state index contributed by atoms with van der Waals surface area (Å²) >= 11 is 0. The summed E-state index contributed by atoms with van der Waals surface area (Å²) in [5.41, 5.74) is 0.0313. The third kappa shape index (κ3) is 1.79. The summed E-state index contributed by atoms with van der Waals surface area (Å²) in [6, 6.07) is 0. The normalized spacial score (nSPS) is 61.2. The van der Waals surface area contributed by atoms with E-state index in [1.54, 1.807) is 0 Å². The van der Waals surface area contributed by atoms with Crippen molar-refractivity contribution in [1.29, 1.82) is 0 Å². The molecule has 0 radical (unpaired) electrons. The monoisotopic (exact) mass is 308 g/mol. The first-order valence-corrected chi connectivity index (χ1v) is 9.71. The fraction of sp³-hybridized carbons (Fsp3) is 1.00. The van der Waals surface area contributed by atoms with Crippen LogP contribution < -0.4 is 0 Å². The number of rotatable bonds is 0. The molecular weight excluding hydrogens is 275 g/mol. The summed E-state index contributed by atoms with van der Waals surface area (Å²) in [7, 11) is 0. The lowest BCUT2D eigenvalue weighted by Gasteiger charge is -2.61. The van der Waals surface area contributed by atoms with E-state index in [9.17, 15) is 9.50 Å². The van der Waals surface area contributed by atoms with Crippen LogP contribution in [0.25, 0.3) is 0 Å². The van der Waals surface area contributed by atoms with Crippen LogP contribution in [0.1, 0.15) is 72.1 Å². The Morgan fingerprint density at radius 3 is 2.55 bits per heavy atom. The molecule has 0 amide bonds. The van der Waals surface area contributed by atoms with Gasteiger partial charge in [-0.2, -0.15) is 0 Å². The van der Waals surface area contributed by atoms with Crippen molar-refractivity contribution < 1.29 is 9.50 Å². The van der Waals surface area contributed by atoms with Crippen molar-refractivity contribution in [2.24, 2.45) is 40.4 Å². The van der Waals surface area contributed by atoms with E-state index in [1.807, 2.05) is 0 Å². The van der Waals surface area contributed by atoms with Gasteiger partial charge in [-0.1, -0.05) is 27.2 Å². The van der Waals surface area contributed by atoms with Crippen molar-refractivity contribution in [3.8, 4) is 0 Å². The van der Waals surface area contributed by atoms with E-state index >= 15 is 0 Å². The zero-order valence-electron chi connectivity index (χ0n) is 14.5. The lowest BCUT2D eigenvalue weighted by molar-refractivity contribution is -0.163. The zero-order chi connectivity index (χ0) is 15.7. The second-order valence-electron chi connectivity index (χ2n) is 9.62. The maximum Gasteiger partial charge on any atom is 0.108 e. The first-order chi connectivity index (χ1) is 10.4. The molecule has 0 aromatic heterocycles. The van der Waals surface area contributed by atoms with Crippen LogP contribution in [-0.4, -0.2) is 17.4 Å². The highest BCUT2D eigenvalue weighted by atomic mass is 19.1. The van der Waals surface area contributed by atoms with Gasteiger partial charge in [0.15, 0.2) is 0 Å². The Morgan fingerprint density at radius 2 is 1.77 bits per heavy atom. The molecule has 126 valence electrons. The molecule has 4 aliphatic rings. The van der Waals surface area contributed by atoms with E-state index < -0.39 is 6.17 Å². The molecule has 1 N–H and O–H groups in total. The molecule has 9 atom stereocenters. The van der Waals surface area contributed by atoms with Gasteiger partial charge in [-0.3, -0.25) is 0 Å². The van der Waals surface area contributed by atoms with Gasteiger partial charge in [0.2, 0.25) is 0 Å². The molecule has 4 aliphatic carbocycles. The minimum absolute atomic E-state index is 0.0800.